The van der Waals surface area contributed by atoms with Gasteiger partial charge in [-0.15, -0.1) is 0 Å². The fourth-order valence-corrected chi connectivity index (χ4v) is 15.1. The zero-order chi connectivity index (χ0) is 83.0. The molecule has 0 bridgehead atoms. The van der Waals surface area contributed by atoms with Gasteiger partial charge in [-0.2, -0.15) is 0 Å². The van der Waals surface area contributed by atoms with Gasteiger partial charge in [-0.25, -0.2) is 4.79 Å². The summed E-state index contributed by atoms with van der Waals surface area (Å²) in [5.74, 6) is -7.71. The van der Waals surface area contributed by atoms with E-state index in [1.165, 1.54) is 122 Å². The number of nitrogens with one attached hydrogen (secondary N) is 3. The minimum Gasteiger partial charge on any atom is -0.477 e. The Kier molecular flexibility index (Phi) is 48.2. The second kappa shape index (κ2) is 54.5. The standard InChI is InChI=1S/C79H141N3O31/c1-5-7-9-11-13-15-17-19-20-21-22-23-24-25-26-28-30-32-34-36-38-40-58(93)82-50(51(90)39-37-35-33-31-29-27-18-16-14-12-10-8-6-2)47-104-75-67(100)65(98)69(56(45-86)107-75)109-77-68(101)73(113-79(78(102)103)41-52(91)59(80-48(3)88)72(112-79)61(94)53(92)42-83)70(57(46-87)108-77)110-74-60(81-49(4)89)71(63(96)55(44-85)105-74)111-76-66(99)64(97)62(95)54(43-84)106-76/h19-20,37,39,50-57,59-77,83-87,90-92,94-101H,5-18,21-36,38,40-47H2,1-4H3,(H,80,88)(H,81,89)(H,82,93)(H,102,103). The summed E-state index contributed by atoms with van der Waals surface area (Å²) in [6.45, 7) is 0.334. The van der Waals surface area contributed by atoms with Crippen LogP contribution in [0, 0.1) is 0 Å². The molecule has 0 aromatic rings. The van der Waals surface area contributed by atoms with Crippen molar-refractivity contribution in [1.29, 1.82) is 0 Å². The van der Waals surface area contributed by atoms with Crippen LogP contribution in [0.2, 0.25) is 0 Å². The van der Waals surface area contributed by atoms with Crippen LogP contribution in [0.25, 0.3) is 0 Å². The van der Waals surface area contributed by atoms with Gasteiger partial charge in [0.1, 0.15) is 116 Å². The van der Waals surface area contributed by atoms with Crippen molar-refractivity contribution in [3.05, 3.63) is 24.3 Å². The molecule has 0 aromatic carbocycles. The molecule has 28 atom stereocenters. The van der Waals surface area contributed by atoms with Crippen LogP contribution in [-0.4, -0.2) is 321 Å². The van der Waals surface area contributed by atoms with Crippen molar-refractivity contribution in [3.63, 3.8) is 0 Å². The number of amides is 3. The van der Waals surface area contributed by atoms with Gasteiger partial charge in [0.05, 0.1) is 63.9 Å². The summed E-state index contributed by atoms with van der Waals surface area (Å²) in [6, 6.07) is -4.81. The molecule has 0 radical (unpaired) electrons. The lowest BCUT2D eigenvalue weighted by molar-refractivity contribution is -0.403. The third kappa shape index (κ3) is 32.4. The molecule has 113 heavy (non-hydrogen) atoms. The molecule has 0 spiro atoms. The summed E-state index contributed by atoms with van der Waals surface area (Å²) in [4.78, 5) is 53.1. The lowest BCUT2D eigenvalue weighted by atomic mass is 9.88. The maximum atomic E-state index is 13.8. The highest BCUT2D eigenvalue weighted by Gasteiger charge is 2.62. The largest absolute Gasteiger partial charge is 0.477 e. The Hall–Kier alpha value is -3.68. The van der Waals surface area contributed by atoms with Gasteiger partial charge >= 0.3 is 5.97 Å². The van der Waals surface area contributed by atoms with Crippen molar-refractivity contribution in [2.45, 2.75) is 411 Å². The van der Waals surface area contributed by atoms with Gasteiger partial charge in [-0.05, 0) is 44.9 Å². The first-order valence-corrected chi connectivity index (χ1v) is 41.7. The average Bonchev–Trinajstić information content (AvgIpc) is 0.767. The van der Waals surface area contributed by atoms with Gasteiger partial charge in [-0.3, -0.25) is 14.4 Å². The van der Waals surface area contributed by atoms with Gasteiger partial charge < -0.3 is 150 Å². The number of carbonyl (C=O) groups excluding carboxylic acids is 3. The van der Waals surface area contributed by atoms with E-state index in [1.807, 2.05) is 6.08 Å². The molecule has 0 aliphatic carbocycles. The Morgan fingerprint density at radius 2 is 0.885 bits per heavy atom. The first kappa shape index (κ1) is 99.9. The highest BCUT2D eigenvalue weighted by Crippen LogP contribution is 2.41. The Morgan fingerprint density at radius 1 is 0.460 bits per heavy atom. The Morgan fingerprint density at radius 3 is 1.39 bits per heavy atom. The van der Waals surface area contributed by atoms with Crippen LogP contribution in [0.4, 0.5) is 0 Å². The first-order chi connectivity index (χ1) is 54.3. The molecule has 0 saturated carbocycles. The van der Waals surface area contributed by atoms with Crippen LogP contribution in [0.1, 0.15) is 240 Å². The third-order valence-corrected chi connectivity index (χ3v) is 21.7. The number of hydrogen-bond acceptors (Lipinski definition) is 30. The fourth-order valence-electron chi connectivity index (χ4n) is 15.1. The molecule has 5 aliphatic heterocycles. The van der Waals surface area contributed by atoms with Crippen LogP contribution in [-0.2, 0) is 66.5 Å². The van der Waals surface area contributed by atoms with Crippen molar-refractivity contribution in [2.75, 3.05) is 39.6 Å². The average molecular weight is 1630 g/mol. The summed E-state index contributed by atoms with van der Waals surface area (Å²) in [5.41, 5.74) is 0. The number of carboxylic acid groups (broad SMARTS) is 1. The third-order valence-electron chi connectivity index (χ3n) is 21.7. The minimum atomic E-state index is -3.38. The van der Waals surface area contributed by atoms with E-state index in [-0.39, 0.29) is 12.3 Å². The van der Waals surface area contributed by atoms with E-state index in [2.05, 4.69) is 41.9 Å². The van der Waals surface area contributed by atoms with Gasteiger partial charge in [0, 0.05) is 26.7 Å². The van der Waals surface area contributed by atoms with E-state index in [4.69, 9.17) is 47.4 Å². The second-order valence-electron chi connectivity index (χ2n) is 31.0. The molecule has 0 aromatic heterocycles. The number of aliphatic carboxylic acids is 1. The minimum absolute atomic E-state index is 0.131. The van der Waals surface area contributed by atoms with Crippen LogP contribution in [0.3, 0.4) is 0 Å². The molecule has 5 aliphatic rings. The molecule has 3 amide bonds. The Balaban J connectivity index is 1.34. The van der Waals surface area contributed by atoms with Crippen molar-refractivity contribution in [1.82, 2.24) is 16.0 Å². The lowest BCUT2D eigenvalue weighted by Gasteiger charge is -2.52. The number of allylic oxidation sites excluding steroid dienone is 3. The normalized spacial score (nSPS) is 33.5. The maximum absolute atomic E-state index is 13.8. The quantitative estimate of drug-likeness (QED) is 0.0299. The van der Waals surface area contributed by atoms with Gasteiger partial charge in [0.25, 0.3) is 5.79 Å². The van der Waals surface area contributed by atoms with E-state index >= 15 is 0 Å². The number of ether oxygens (including phenoxy) is 10. The number of carboxylic acids is 1. The predicted octanol–water partition coefficient (Wildman–Crippen LogP) is 1.07. The van der Waals surface area contributed by atoms with Gasteiger partial charge in [0.15, 0.2) is 25.2 Å². The number of aliphatic hydroxyl groups is 16. The van der Waals surface area contributed by atoms with Crippen LogP contribution >= 0.6 is 0 Å². The zero-order valence-electron chi connectivity index (χ0n) is 66.8. The summed E-state index contributed by atoms with van der Waals surface area (Å²) >= 11 is 0. The molecular weight excluding hydrogens is 1490 g/mol. The Bertz CT molecular complexity index is 2660. The molecule has 5 heterocycles. The SMILES string of the molecule is CCCCCCCCC=CCCCCCCCCCCCCCC(=O)NC(COC1OC(CO)C(OC2OC(CO)C(OC3OC(CO)C(O)C(OC4OC(CO)C(O)C(O)C4O)C3NC(C)=O)C(OC3(C(=O)O)CC(O)C(NC(C)=O)C(C(O)C(O)CO)O3)C2O)C(O)C1O)C(O)C=CCCCCCCCCCCCCC. The highest BCUT2D eigenvalue weighted by atomic mass is 16.8. The highest BCUT2D eigenvalue weighted by molar-refractivity contribution is 5.77. The summed E-state index contributed by atoms with van der Waals surface area (Å²) in [5, 5.41) is 197. The number of hydrogen-bond donors (Lipinski definition) is 20. The molecule has 5 rings (SSSR count). The number of carbonyl (C=O) groups is 4. The number of aliphatic hydroxyl groups excluding tert-OH is 16. The maximum Gasteiger partial charge on any atom is 0.364 e. The topological polar surface area (TPSA) is 541 Å². The number of unbranched alkanes of at least 4 members (excludes halogenated alkanes) is 28. The smallest absolute Gasteiger partial charge is 0.364 e. The van der Waals surface area contributed by atoms with Crippen molar-refractivity contribution < 1.29 is 153 Å². The van der Waals surface area contributed by atoms with Crippen LogP contribution in [0.15, 0.2) is 24.3 Å². The first-order valence-electron chi connectivity index (χ1n) is 41.7. The summed E-state index contributed by atoms with van der Waals surface area (Å²) < 4.78 is 60.2. The van der Waals surface area contributed by atoms with Gasteiger partial charge in [0.2, 0.25) is 17.7 Å². The molecule has 28 unspecified atom stereocenters. The van der Waals surface area contributed by atoms with Crippen LogP contribution in [0.5, 0.6) is 0 Å². The van der Waals surface area contributed by atoms with Crippen molar-refractivity contribution in [2.24, 2.45) is 0 Å². The van der Waals surface area contributed by atoms with E-state index in [0.29, 0.717) is 12.8 Å². The second-order valence-corrected chi connectivity index (χ2v) is 31.0. The summed E-state index contributed by atoms with van der Waals surface area (Å²) in [6.07, 6.45) is -7.34. The van der Waals surface area contributed by atoms with E-state index in [1.54, 1.807) is 6.08 Å². The fraction of sp³-hybridized carbons (Fsp3) is 0.899. The molecule has 34 heteroatoms. The van der Waals surface area contributed by atoms with E-state index in [9.17, 15) is 106 Å². The molecule has 658 valence electrons. The van der Waals surface area contributed by atoms with Gasteiger partial charge in [-0.1, -0.05) is 192 Å². The predicted molar refractivity (Wildman–Crippen MR) is 406 cm³/mol. The molecule has 34 nitrogen and oxygen atoms in total. The molecule has 20 N–H and O–H groups in total. The van der Waals surface area contributed by atoms with E-state index < -0.39 is 235 Å². The summed E-state index contributed by atoms with van der Waals surface area (Å²) in [7, 11) is 0. The zero-order valence-corrected chi connectivity index (χ0v) is 66.8. The van der Waals surface area contributed by atoms with Crippen molar-refractivity contribution >= 4 is 23.7 Å². The molecular formula is C79H141N3O31. The Labute approximate surface area is 665 Å². The molecule has 5 saturated heterocycles. The van der Waals surface area contributed by atoms with Crippen LogP contribution < -0.4 is 16.0 Å². The monoisotopic (exact) mass is 1630 g/mol. The van der Waals surface area contributed by atoms with Crippen molar-refractivity contribution in [3.8, 4) is 0 Å². The molecule has 5 fully saturated rings. The number of rotatable bonds is 57. The lowest BCUT2D eigenvalue weighted by Crippen LogP contribution is -2.72. The van der Waals surface area contributed by atoms with E-state index in [0.717, 1.165) is 78.1 Å².